The van der Waals surface area contributed by atoms with Crippen molar-refractivity contribution in [2.75, 3.05) is 23.7 Å². The molecule has 2 aliphatic rings. The van der Waals surface area contributed by atoms with Gasteiger partial charge in [0.2, 0.25) is 15.9 Å². The standard InChI is InChI=1S/C17H26N4O3S/c22-17(20-25(23,24)13-14-4-2-1-3-5-14)15-6-10-21(11-7-15)16-12-18-8-9-19-16/h8-9,12,14-15H,1-7,10-11,13H2,(H,20,22). The molecular weight excluding hydrogens is 340 g/mol. The number of hydrogen-bond acceptors (Lipinski definition) is 6. The van der Waals surface area contributed by atoms with Crippen LogP contribution in [0.1, 0.15) is 44.9 Å². The summed E-state index contributed by atoms with van der Waals surface area (Å²) in [6.07, 6.45) is 11.5. The van der Waals surface area contributed by atoms with Crippen molar-refractivity contribution >= 4 is 21.7 Å². The summed E-state index contributed by atoms with van der Waals surface area (Å²) in [6.45, 7) is 1.36. The van der Waals surface area contributed by atoms with E-state index in [-0.39, 0.29) is 23.5 Å². The summed E-state index contributed by atoms with van der Waals surface area (Å²) in [5.74, 6) is 0.462. The molecule has 7 nitrogen and oxygen atoms in total. The third kappa shape index (κ3) is 5.14. The van der Waals surface area contributed by atoms with Crippen molar-refractivity contribution in [1.29, 1.82) is 0 Å². The molecule has 1 aromatic heterocycles. The van der Waals surface area contributed by atoms with Crippen LogP contribution in [0.5, 0.6) is 0 Å². The molecule has 1 aromatic rings. The third-order valence-corrected chi connectivity index (χ3v) is 6.60. The lowest BCUT2D eigenvalue weighted by Crippen LogP contribution is -2.43. The minimum Gasteiger partial charge on any atom is -0.355 e. The number of rotatable bonds is 5. The van der Waals surface area contributed by atoms with Crippen molar-refractivity contribution in [1.82, 2.24) is 14.7 Å². The van der Waals surface area contributed by atoms with Crippen LogP contribution in [0.3, 0.4) is 0 Å². The number of nitrogens with one attached hydrogen (secondary N) is 1. The van der Waals surface area contributed by atoms with Crippen molar-refractivity contribution in [3.63, 3.8) is 0 Å². The highest BCUT2D eigenvalue weighted by Gasteiger charge is 2.29. The number of anilines is 1. The second kappa shape index (κ2) is 8.12. The molecule has 0 radical (unpaired) electrons. The number of carbonyl (C=O) groups is 1. The maximum Gasteiger partial charge on any atom is 0.236 e. The fourth-order valence-corrected chi connectivity index (χ4v) is 5.28. The molecule has 8 heteroatoms. The molecular formula is C17H26N4O3S. The summed E-state index contributed by atoms with van der Waals surface area (Å²) < 4.78 is 26.9. The van der Waals surface area contributed by atoms with E-state index >= 15 is 0 Å². The lowest BCUT2D eigenvalue weighted by Gasteiger charge is -2.31. The monoisotopic (exact) mass is 366 g/mol. The number of sulfonamides is 1. The molecule has 0 bridgehead atoms. The predicted molar refractivity (Wildman–Crippen MR) is 95.5 cm³/mol. The molecule has 1 aliphatic carbocycles. The van der Waals surface area contributed by atoms with Gasteiger partial charge in [0.25, 0.3) is 0 Å². The Hall–Kier alpha value is -1.70. The van der Waals surface area contributed by atoms with Gasteiger partial charge in [0, 0.05) is 31.4 Å². The van der Waals surface area contributed by atoms with Crippen LogP contribution in [0, 0.1) is 11.8 Å². The van der Waals surface area contributed by atoms with E-state index in [0.29, 0.717) is 25.9 Å². The van der Waals surface area contributed by atoms with Crippen molar-refractivity contribution in [2.24, 2.45) is 11.8 Å². The molecule has 25 heavy (non-hydrogen) atoms. The van der Waals surface area contributed by atoms with E-state index in [0.717, 1.165) is 31.5 Å². The highest BCUT2D eigenvalue weighted by atomic mass is 32.2. The van der Waals surface area contributed by atoms with Gasteiger partial charge >= 0.3 is 0 Å². The van der Waals surface area contributed by atoms with Crippen LogP contribution >= 0.6 is 0 Å². The van der Waals surface area contributed by atoms with Gasteiger partial charge in [-0.2, -0.15) is 0 Å². The maximum atomic E-state index is 12.4. The Bertz CT molecular complexity index is 666. The van der Waals surface area contributed by atoms with Crippen LogP contribution in [0.2, 0.25) is 0 Å². The van der Waals surface area contributed by atoms with Gasteiger partial charge in [0.15, 0.2) is 0 Å². The molecule has 0 unspecified atom stereocenters. The van der Waals surface area contributed by atoms with Crippen LogP contribution < -0.4 is 9.62 Å². The number of carbonyl (C=O) groups excluding carboxylic acids is 1. The lowest BCUT2D eigenvalue weighted by atomic mass is 9.91. The zero-order chi connectivity index (χ0) is 17.7. The van der Waals surface area contributed by atoms with Gasteiger partial charge in [0.1, 0.15) is 5.82 Å². The average Bonchev–Trinajstić information content (AvgIpc) is 2.62. The summed E-state index contributed by atoms with van der Waals surface area (Å²) in [4.78, 5) is 22.8. The fraction of sp³-hybridized carbons (Fsp3) is 0.706. The van der Waals surface area contributed by atoms with Gasteiger partial charge in [-0.3, -0.25) is 14.5 Å². The minimum absolute atomic E-state index is 0.0805. The fourth-order valence-electron chi connectivity index (χ4n) is 3.77. The summed E-state index contributed by atoms with van der Waals surface area (Å²) >= 11 is 0. The van der Waals surface area contributed by atoms with E-state index in [1.807, 2.05) is 0 Å². The SMILES string of the molecule is O=C(NS(=O)(=O)CC1CCCCC1)C1CCN(c2cnccn2)CC1. The molecule has 0 aromatic carbocycles. The highest BCUT2D eigenvalue weighted by Crippen LogP contribution is 2.25. The molecule has 0 spiro atoms. The molecule has 1 saturated carbocycles. The topological polar surface area (TPSA) is 92.3 Å². The van der Waals surface area contributed by atoms with Crippen LogP contribution in [0.15, 0.2) is 18.6 Å². The number of nitrogens with zero attached hydrogens (tertiary/aromatic N) is 3. The van der Waals surface area contributed by atoms with E-state index in [4.69, 9.17) is 0 Å². The Morgan fingerprint density at radius 1 is 1.12 bits per heavy atom. The van der Waals surface area contributed by atoms with Gasteiger partial charge < -0.3 is 4.90 Å². The van der Waals surface area contributed by atoms with E-state index in [2.05, 4.69) is 19.6 Å². The number of amides is 1. The van der Waals surface area contributed by atoms with Gasteiger partial charge in [0.05, 0.1) is 11.9 Å². The first-order chi connectivity index (χ1) is 12.0. The predicted octanol–water partition coefficient (Wildman–Crippen LogP) is 1.72. The van der Waals surface area contributed by atoms with Crippen molar-refractivity contribution in [2.45, 2.75) is 44.9 Å². The molecule has 1 amide bonds. The quantitative estimate of drug-likeness (QED) is 0.853. The number of piperidine rings is 1. The van der Waals surface area contributed by atoms with Gasteiger partial charge in [-0.15, -0.1) is 0 Å². The lowest BCUT2D eigenvalue weighted by molar-refractivity contribution is -0.123. The average molecular weight is 366 g/mol. The second-order valence-corrected chi connectivity index (χ2v) is 8.84. The van der Waals surface area contributed by atoms with E-state index in [1.165, 1.54) is 6.42 Å². The summed E-state index contributed by atoms with van der Waals surface area (Å²) in [5.41, 5.74) is 0. The number of aromatic nitrogens is 2. The molecule has 2 heterocycles. The Morgan fingerprint density at radius 3 is 2.48 bits per heavy atom. The minimum atomic E-state index is -3.53. The maximum absolute atomic E-state index is 12.4. The molecule has 1 aliphatic heterocycles. The smallest absolute Gasteiger partial charge is 0.236 e. The number of hydrogen-bond donors (Lipinski definition) is 1. The van der Waals surface area contributed by atoms with E-state index in [1.54, 1.807) is 18.6 Å². The molecule has 138 valence electrons. The van der Waals surface area contributed by atoms with Crippen LogP contribution in [0.25, 0.3) is 0 Å². The Balaban J connectivity index is 1.48. The Labute approximate surface area is 149 Å². The zero-order valence-electron chi connectivity index (χ0n) is 14.4. The normalized spacial score (nSPS) is 20.4. The first-order valence-corrected chi connectivity index (χ1v) is 10.7. The highest BCUT2D eigenvalue weighted by molar-refractivity contribution is 7.90. The molecule has 0 atom stereocenters. The Kier molecular flexibility index (Phi) is 5.88. The van der Waals surface area contributed by atoms with Crippen molar-refractivity contribution in [3.8, 4) is 0 Å². The van der Waals surface area contributed by atoms with Crippen LogP contribution in [0.4, 0.5) is 5.82 Å². The van der Waals surface area contributed by atoms with E-state index < -0.39 is 10.0 Å². The molecule has 1 N–H and O–H groups in total. The zero-order valence-corrected chi connectivity index (χ0v) is 15.2. The van der Waals surface area contributed by atoms with Crippen LogP contribution in [-0.2, 0) is 14.8 Å². The van der Waals surface area contributed by atoms with Crippen molar-refractivity contribution < 1.29 is 13.2 Å². The van der Waals surface area contributed by atoms with E-state index in [9.17, 15) is 13.2 Å². The van der Waals surface area contributed by atoms with Crippen molar-refractivity contribution in [3.05, 3.63) is 18.6 Å². The van der Waals surface area contributed by atoms with Gasteiger partial charge in [-0.25, -0.2) is 13.4 Å². The largest absolute Gasteiger partial charge is 0.355 e. The first kappa shape index (κ1) is 18.1. The molecule has 2 fully saturated rings. The van der Waals surface area contributed by atoms with Gasteiger partial charge in [-0.05, 0) is 31.6 Å². The Morgan fingerprint density at radius 2 is 1.84 bits per heavy atom. The third-order valence-electron chi connectivity index (χ3n) is 5.18. The summed E-state index contributed by atoms with van der Waals surface area (Å²) in [5, 5.41) is 0. The summed E-state index contributed by atoms with van der Waals surface area (Å²) in [6, 6.07) is 0. The van der Waals surface area contributed by atoms with Crippen LogP contribution in [-0.4, -0.2) is 43.1 Å². The van der Waals surface area contributed by atoms with Gasteiger partial charge in [-0.1, -0.05) is 19.3 Å². The summed E-state index contributed by atoms with van der Waals surface area (Å²) in [7, 11) is -3.53. The molecule has 3 rings (SSSR count). The first-order valence-electron chi connectivity index (χ1n) is 9.09. The molecule has 1 saturated heterocycles. The second-order valence-electron chi connectivity index (χ2n) is 7.08.